The van der Waals surface area contributed by atoms with Crippen molar-refractivity contribution in [3.05, 3.63) is 29.2 Å². The Labute approximate surface area is 253 Å². The number of benzene rings is 1. The summed E-state index contributed by atoms with van der Waals surface area (Å²) in [4.78, 5) is 41.1. The van der Waals surface area contributed by atoms with Crippen molar-refractivity contribution in [1.82, 2.24) is 24.9 Å². The number of piperidine rings is 3. The number of halogens is 1. The molecule has 9 nitrogen and oxygen atoms in total. The number of fused-ring (bicyclic) bond motifs is 1. The van der Waals surface area contributed by atoms with E-state index in [-0.39, 0.29) is 36.1 Å². The van der Waals surface area contributed by atoms with E-state index in [4.69, 9.17) is 4.74 Å². The Morgan fingerprint density at radius 2 is 1.67 bits per heavy atom. The van der Waals surface area contributed by atoms with Crippen LogP contribution in [0.3, 0.4) is 0 Å². The summed E-state index contributed by atoms with van der Waals surface area (Å²) in [5, 5.41) is 7.59. The first kappa shape index (κ1) is 30.0. The predicted octanol–water partition coefficient (Wildman–Crippen LogP) is 5.37. The van der Waals surface area contributed by atoms with Crippen LogP contribution < -0.4 is 5.32 Å². The minimum Gasteiger partial charge on any atom is -0.444 e. The van der Waals surface area contributed by atoms with E-state index in [0.717, 1.165) is 57.4 Å². The molecule has 3 aliphatic heterocycles. The molecule has 0 radical (unpaired) electrons. The number of carbonyl (C=O) groups excluding carboxylic acids is 3. The van der Waals surface area contributed by atoms with Crippen molar-refractivity contribution in [2.45, 2.75) is 108 Å². The number of rotatable bonds is 3. The summed E-state index contributed by atoms with van der Waals surface area (Å²) in [7, 11) is 1.73. The molecule has 1 aliphatic carbocycles. The highest BCUT2D eigenvalue weighted by Gasteiger charge is 2.41. The third kappa shape index (κ3) is 6.04. The molecule has 0 bridgehead atoms. The number of aromatic nitrogens is 2. The van der Waals surface area contributed by atoms with Gasteiger partial charge < -0.3 is 14.5 Å². The van der Waals surface area contributed by atoms with Crippen molar-refractivity contribution < 1.29 is 23.5 Å². The van der Waals surface area contributed by atoms with E-state index in [2.05, 4.69) is 15.3 Å². The topological polar surface area (TPSA) is 96.8 Å². The number of nitrogens with zero attached hydrogens (tertiary/aromatic N) is 4. The minimum atomic E-state index is -0.540. The highest BCUT2D eigenvalue weighted by Crippen LogP contribution is 2.46. The van der Waals surface area contributed by atoms with Gasteiger partial charge in [0, 0.05) is 38.0 Å². The molecule has 1 saturated carbocycles. The fourth-order valence-electron chi connectivity index (χ4n) is 8.04. The lowest BCUT2D eigenvalue weighted by Gasteiger charge is -2.48. The SMILES string of the molecule is Cn1nc(C2CCC(=O)NC2=O)c2ccc(C3CCN(C4CCC5(CC4)CCN(C(=O)OC(C)(C)C)CC5)CC3)c(F)c21. The van der Waals surface area contributed by atoms with Crippen LogP contribution in [0.4, 0.5) is 9.18 Å². The van der Waals surface area contributed by atoms with Gasteiger partial charge in [0.2, 0.25) is 11.8 Å². The molecule has 1 atom stereocenters. The lowest BCUT2D eigenvalue weighted by molar-refractivity contribution is -0.134. The van der Waals surface area contributed by atoms with Gasteiger partial charge in [-0.2, -0.15) is 5.10 Å². The quantitative estimate of drug-likeness (QED) is 0.480. The van der Waals surface area contributed by atoms with Crippen molar-refractivity contribution >= 4 is 28.8 Å². The number of likely N-dealkylation sites (tertiary alicyclic amines) is 2. The van der Waals surface area contributed by atoms with Gasteiger partial charge >= 0.3 is 6.09 Å². The van der Waals surface area contributed by atoms with Crippen molar-refractivity contribution in [3.63, 3.8) is 0 Å². The first-order chi connectivity index (χ1) is 20.4. The highest BCUT2D eigenvalue weighted by molar-refractivity contribution is 6.02. The lowest BCUT2D eigenvalue weighted by Crippen LogP contribution is -2.49. The van der Waals surface area contributed by atoms with Crippen LogP contribution in [0.5, 0.6) is 0 Å². The largest absolute Gasteiger partial charge is 0.444 e. The van der Waals surface area contributed by atoms with E-state index in [0.29, 0.717) is 34.5 Å². The van der Waals surface area contributed by atoms with Crippen molar-refractivity contribution in [2.24, 2.45) is 12.5 Å². The van der Waals surface area contributed by atoms with Crippen LogP contribution in [0.1, 0.15) is 108 Å². The summed E-state index contributed by atoms with van der Waals surface area (Å²) in [5.74, 6) is -1.24. The Morgan fingerprint density at radius 3 is 2.30 bits per heavy atom. The third-order valence-corrected chi connectivity index (χ3v) is 10.5. The summed E-state index contributed by atoms with van der Waals surface area (Å²) in [6.07, 6.45) is 9.23. The molecule has 1 aromatic carbocycles. The third-order valence-electron chi connectivity index (χ3n) is 10.5. The van der Waals surface area contributed by atoms with Crippen LogP contribution in [0.2, 0.25) is 0 Å². The van der Waals surface area contributed by atoms with E-state index in [9.17, 15) is 14.4 Å². The molecule has 234 valence electrons. The lowest BCUT2D eigenvalue weighted by atomic mass is 9.66. The maximum absolute atomic E-state index is 16.0. The molecule has 3 amide bonds. The summed E-state index contributed by atoms with van der Waals surface area (Å²) < 4.78 is 23.1. The number of amides is 3. The van der Waals surface area contributed by atoms with Gasteiger partial charge in [0.25, 0.3) is 0 Å². The molecular formula is C33H46FN5O4. The van der Waals surface area contributed by atoms with Gasteiger partial charge in [-0.3, -0.25) is 19.6 Å². The van der Waals surface area contributed by atoms with Gasteiger partial charge in [-0.1, -0.05) is 12.1 Å². The Balaban J connectivity index is 1.04. The monoisotopic (exact) mass is 595 g/mol. The summed E-state index contributed by atoms with van der Waals surface area (Å²) in [6.45, 7) is 9.25. The average Bonchev–Trinajstić information content (AvgIpc) is 3.30. The van der Waals surface area contributed by atoms with Crippen LogP contribution in [-0.4, -0.2) is 75.3 Å². The van der Waals surface area contributed by atoms with E-state index < -0.39 is 11.5 Å². The number of carbonyl (C=O) groups is 3. The van der Waals surface area contributed by atoms with Gasteiger partial charge in [0.05, 0.1) is 11.6 Å². The van der Waals surface area contributed by atoms with E-state index in [1.165, 1.54) is 25.7 Å². The van der Waals surface area contributed by atoms with Gasteiger partial charge in [-0.15, -0.1) is 0 Å². The molecule has 10 heteroatoms. The number of hydrogen-bond donors (Lipinski definition) is 1. The molecule has 4 aliphatic rings. The Kier molecular flexibility index (Phi) is 8.02. The maximum atomic E-state index is 16.0. The standard InChI is InChI=1S/C33H46FN5O4/c1-32(2,3)43-31(42)39-19-15-33(16-20-39)13-9-22(10-14-33)38-17-11-21(12-18-38)23-5-6-24-28(36-37(4)29(24)27(23)34)25-7-8-26(40)35-30(25)41/h5-6,21-22,25H,7-20H2,1-4H3,(H,35,40,41). The first-order valence-corrected chi connectivity index (χ1v) is 16.1. The van der Waals surface area contributed by atoms with Crippen LogP contribution in [0, 0.1) is 11.2 Å². The van der Waals surface area contributed by atoms with Crippen LogP contribution in [0.25, 0.3) is 10.9 Å². The number of hydrogen-bond acceptors (Lipinski definition) is 6. The molecule has 1 aromatic heterocycles. The Hall–Kier alpha value is -3.01. The summed E-state index contributed by atoms with van der Waals surface area (Å²) in [5.41, 5.74) is 1.62. The average molecular weight is 596 g/mol. The fraction of sp³-hybridized carbons (Fsp3) is 0.697. The molecule has 6 rings (SSSR count). The molecule has 43 heavy (non-hydrogen) atoms. The number of aryl methyl sites for hydroxylation is 1. The second-order valence-electron chi connectivity index (χ2n) is 14.4. The predicted molar refractivity (Wildman–Crippen MR) is 161 cm³/mol. The Bertz CT molecular complexity index is 1390. The second-order valence-corrected chi connectivity index (χ2v) is 14.4. The van der Waals surface area contributed by atoms with E-state index in [1.807, 2.05) is 37.8 Å². The minimum absolute atomic E-state index is 0.154. The first-order valence-electron chi connectivity index (χ1n) is 16.1. The molecule has 4 heterocycles. The smallest absolute Gasteiger partial charge is 0.410 e. The number of nitrogens with one attached hydrogen (secondary N) is 1. The van der Waals surface area contributed by atoms with E-state index in [1.54, 1.807) is 11.7 Å². The molecule has 4 fully saturated rings. The zero-order chi connectivity index (χ0) is 30.5. The van der Waals surface area contributed by atoms with Crippen LogP contribution >= 0.6 is 0 Å². The molecule has 1 N–H and O–H groups in total. The molecule has 2 aromatic rings. The molecule has 1 unspecified atom stereocenters. The van der Waals surface area contributed by atoms with Gasteiger partial charge in [0.1, 0.15) is 11.1 Å². The zero-order valence-corrected chi connectivity index (χ0v) is 26.1. The number of imide groups is 1. The molecule has 1 spiro atoms. The summed E-state index contributed by atoms with van der Waals surface area (Å²) >= 11 is 0. The Morgan fingerprint density at radius 1 is 1.00 bits per heavy atom. The van der Waals surface area contributed by atoms with Gasteiger partial charge in [0.15, 0.2) is 5.82 Å². The van der Waals surface area contributed by atoms with Gasteiger partial charge in [-0.05, 0) is 109 Å². The van der Waals surface area contributed by atoms with Crippen molar-refractivity contribution in [2.75, 3.05) is 26.2 Å². The molecule has 3 saturated heterocycles. The maximum Gasteiger partial charge on any atom is 0.410 e. The van der Waals surface area contributed by atoms with Crippen molar-refractivity contribution in [3.8, 4) is 0 Å². The second kappa shape index (κ2) is 11.5. The van der Waals surface area contributed by atoms with E-state index >= 15 is 4.39 Å². The van der Waals surface area contributed by atoms with Gasteiger partial charge in [-0.25, -0.2) is 9.18 Å². The van der Waals surface area contributed by atoms with Crippen LogP contribution in [0.15, 0.2) is 12.1 Å². The zero-order valence-electron chi connectivity index (χ0n) is 26.1. The van der Waals surface area contributed by atoms with Crippen molar-refractivity contribution in [1.29, 1.82) is 0 Å². The summed E-state index contributed by atoms with van der Waals surface area (Å²) in [6, 6.07) is 4.39. The highest BCUT2D eigenvalue weighted by atomic mass is 19.1. The molecular weight excluding hydrogens is 549 g/mol. The fourth-order valence-corrected chi connectivity index (χ4v) is 8.04. The normalized spacial score (nSPS) is 24.5. The number of ether oxygens (including phenoxy) is 1. The van der Waals surface area contributed by atoms with Crippen LogP contribution in [-0.2, 0) is 21.4 Å².